The molecule has 1 atom stereocenters. The van der Waals surface area contributed by atoms with Crippen LogP contribution < -0.4 is 5.73 Å². The molecule has 0 spiro atoms. The van der Waals surface area contributed by atoms with Crippen molar-refractivity contribution in [2.45, 2.75) is 53.5 Å². The van der Waals surface area contributed by atoms with Gasteiger partial charge < -0.3 is 5.73 Å². The highest BCUT2D eigenvalue weighted by Gasteiger charge is 2.19. The van der Waals surface area contributed by atoms with Crippen LogP contribution in [0.3, 0.4) is 0 Å². The third-order valence-electron chi connectivity index (χ3n) is 3.47. The van der Waals surface area contributed by atoms with Crippen LogP contribution in [0.4, 0.5) is 0 Å². The molecule has 0 aliphatic carbocycles. The molecule has 0 bridgehead atoms. The van der Waals surface area contributed by atoms with E-state index in [1.54, 1.807) is 0 Å². The van der Waals surface area contributed by atoms with Gasteiger partial charge in [0.05, 0.1) is 15.9 Å². The quantitative estimate of drug-likeness (QED) is 0.788. The van der Waals surface area contributed by atoms with Gasteiger partial charge in [0.1, 0.15) is 5.78 Å². The Kier molecular flexibility index (Phi) is 6.89. The molecule has 20 heavy (non-hydrogen) atoms. The van der Waals surface area contributed by atoms with Gasteiger partial charge >= 0.3 is 0 Å². The standard InChI is InChI=1S/C15H26BrN3O/c1-5-19-14(15(16)11(4)18-19)8-13(20)7-12(9-17)6-10(2)3/h10,12H,5-9,17H2,1-4H3. The van der Waals surface area contributed by atoms with Crippen molar-refractivity contribution in [1.29, 1.82) is 0 Å². The predicted octanol–water partition coefficient (Wildman–Crippen LogP) is 3.10. The van der Waals surface area contributed by atoms with Gasteiger partial charge in [-0.15, -0.1) is 0 Å². The maximum absolute atomic E-state index is 12.3. The van der Waals surface area contributed by atoms with Crippen LogP contribution in [0.1, 0.15) is 45.0 Å². The minimum atomic E-state index is 0.247. The fourth-order valence-electron chi connectivity index (χ4n) is 2.55. The van der Waals surface area contributed by atoms with E-state index in [-0.39, 0.29) is 5.78 Å². The summed E-state index contributed by atoms with van der Waals surface area (Å²) in [7, 11) is 0. The lowest BCUT2D eigenvalue weighted by Crippen LogP contribution is -2.21. The van der Waals surface area contributed by atoms with E-state index in [2.05, 4.69) is 34.9 Å². The minimum Gasteiger partial charge on any atom is -0.330 e. The first kappa shape index (κ1) is 17.4. The molecule has 0 aliphatic heterocycles. The zero-order valence-corrected chi connectivity index (χ0v) is 14.5. The van der Waals surface area contributed by atoms with Gasteiger partial charge in [-0.05, 0) is 54.6 Å². The fraction of sp³-hybridized carbons (Fsp3) is 0.733. The average Bonchev–Trinajstić information content (AvgIpc) is 2.65. The zero-order chi connectivity index (χ0) is 15.3. The molecule has 0 radical (unpaired) electrons. The molecule has 0 fully saturated rings. The zero-order valence-electron chi connectivity index (χ0n) is 12.9. The molecule has 0 aliphatic rings. The molecule has 114 valence electrons. The van der Waals surface area contributed by atoms with Gasteiger partial charge in [-0.25, -0.2) is 0 Å². The smallest absolute Gasteiger partial charge is 0.139 e. The van der Waals surface area contributed by atoms with Gasteiger partial charge in [-0.2, -0.15) is 5.10 Å². The van der Waals surface area contributed by atoms with Gasteiger partial charge in [0.25, 0.3) is 0 Å². The van der Waals surface area contributed by atoms with E-state index in [9.17, 15) is 4.79 Å². The lowest BCUT2D eigenvalue weighted by molar-refractivity contribution is -0.119. The number of Topliss-reactive ketones (excluding diaryl/α,β-unsaturated/α-hetero) is 1. The fourth-order valence-corrected chi connectivity index (χ4v) is 2.97. The molecule has 1 unspecified atom stereocenters. The first-order valence-corrected chi connectivity index (χ1v) is 8.11. The van der Waals surface area contributed by atoms with Gasteiger partial charge in [0, 0.05) is 19.4 Å². The summed E-state index contributed by atoms with van der Waals surface area (Å²) < 4.78 is 2.86. The second-order valence-corrected chi connectivity index (χ2v) is 6.61. The molecule has 1 aromatic rings. The number of aromatic nitrogens is 2. The van der Waals surface area contributed by atoms with Gasteiger partial charge in [0.2, 0.25) is 0 Å². The molecule has 0 aromatic carbocycles. The minimum absolute atomic E-state index is 0.247. The number of aryl methyl sites for hydroxylation is 2. The number of rotatable bonds is 8. The molecule has 1 heterocycles. The maximum Gasteiger partial charge on any atom is 0.139 e. The van der Waals surface area contributed by atoms with Crippen LogP contribution in [-0.2, 0) is 17.8 Å². The molecule has 1 aromatic heterocycles. The first-order chi connectivity index (χ1) is 9.38. The Labute approximate surface area is 130 Å². The van der Waals surface area contributed by atoms with E-state index in [1.807, 2.05) is 18.5 Å². The lowest BCUT2D eigenvalue weighted by atomic mass is 9.91. The molecule has 2 N–H and O–H groups in total. The summed E-state index contributed by atoms with van der Waals surface area (Å²) in [6.45, 7) is 9.68. The van der Waals surface area contributed by atoms with Crippen LogP contribution in [0, 0.1) is 18.8 Å². The second-order valence-electron chi connectivity index (χ2n) is 5.81. The summed E-state index contributed by atoms with van der Waals surface area (Å²) in [6, 6.07) is 0. The maximum atomic E-state index is 12.3. The molecular formula is C15H26BrN3O. The van der Waals surface area contributed by atoms with Crippen molar-refractivity contribution in [3.63, 3.8) is 0 Å². The number of nitrogens with zero attached hydrogens (tertiary/aromatic N) is 2. The highest BCUT2D eigenvalue weighted by atomic mass is 79.9. The van der Waals surface area contributed by atoms with E-state index in [4.69, 9.17) is 5.73 Å². The van der Waals surface area contributed by atoms with Crippen molar-refractivity contribution in [3.05, 3.63) is 15.9 Å². The average molecular weight is 344 g/mol. The number of halogens is 1. The number of ketones is 1. The second kappa shape index (κ2) is 7.93. The Hall–Kier alpha value is -0.680. The molecule has 0 amide bonds. The van der Waals surface area contributed by atoms with Crippen LogP contribution >= 0.6 is 15.9 Å². The monoisotopic (exact) mass is 343 g/mol. The Balaban J connectivity index is 2.71. The summed E-state index contributed by atoms with van der Waals surface area (Å²) in [5.74, 6) is 1.11. The largest absolute Gasteiger partial charge is 0.330 e. The van der Waals surface area contributed by atoms with E-state index in [0.29, 0.717) is 31.2 Å². The molecular weight excluding hydrogens is 318 g/mol. The van der Waals surface area contributed by atoms with E-state index in [1.165, 1.54) is 0 Å². The van der Waals surface area contributed by atoms with E-state index >= 15 is 0 Å². The van der Waals surface area contributed by atoms with Crippen LogP contribution in [0.2, 0.25) is 0 Å². The Morgan fingerprint density at radius 3 is 2.60 bits per heavy atom. The topological polar surface area (TPSA) is 60.9 Å². The summed E-state index contributed by atoms with van der Waals surface area (Å²) >= 11 is 3.53. The SMILES string of the molecule is CCn1nc(C)c(Br)c1CC(=O)CC(CN)CC(C)C. The molecule has 1 rings (SSSR count). The number of nitrogens with two attached hydrogens (primary N) is 1. The van der Waals surface area contributed by atoms with Gasteiger partial charge in [-0.3, -0.25) is 9.48 Å². The summed E-state index contributed by atoms with van der Waals surface area (Å²) in [4.78, 5) is 12.3. The predicted molar refractivity (Wildman–Crippen MR) is 85.7 cm³/mol. The van der Waals surface area contributed by atoms with Crippen LogP contribution in [0.25, 0.3) is 0 Å². The highest BCUT2D eigenvalue weighted by molar-refractivity contribution is 9.10. The van der Waals surface area contributed by atoms with Crippen molar-refractivity contribution < 1.29 is 4.79 Å². The summed E-state index contributed by atoms with van der Waals surface area (Å²) in [5, 5.41) is 4.42. The Morgan fingerprint density at radius 2 is 2.10 bits per heavy atom. The number of carbonyl (C=O) groups excluding carboxylic acids is 1. The van der Waals surface area contributed by atoms with Crippen molar-refractivity contribution >= 4 is 21.7 Å². The Bertz CT molecular complexity index is 454. The first-order valence-electron chi connectivity index (χ1n) is 7.32. The van der Waals surface area contributed by atoms with Gasteiger partial charge in [-0.1, -0.05) is 13.8 Å². The molecule has 5 heteroatoms. The lowest BCUT2D eigenvalue weighted by Gasteiger charge is -2.16. The normalized spacial score (nSPS) is 12.9. The molecule has 0 saturated heterocycles. The Morgan fingerprint density at radius 1 is 1.45 bits per heavy atom. The van der Waals surface area contributed by atoms with Crippen molar-refractivity contribution in [1.82, 2.24) is 9.78 Å². The van der Waals surface area contributed by atoms with Crippen LogP contribution in [-0.4, -0.2) is 22.1 Å². The number of hydrogen-bond acceptors (Lipinski definition) is 3. The summed E-state index contributed by atoms with van der Waals surface area (Å²) in [5.41, 5.74) is 7.69. The molecule has 0 saturated carbocycles. The third-order valence-corrected chi connectivity index (χ3v) is 4.50. The van der Waals surface area contributed by atoms with Crippen LogP contribution in [0.5, 0.6) is 0 Å². The summed E-state index contributed by atoms with van der Waals surface area (Å²) in [6.07, 6.45) is 2.01. The van der Waals surface area contributed by atoms with E-state index in [0.717, 1.165) is 28.8 Å². The highest BCUT2D eigenvalue weighted by Crippen LogP contribution is 2.23. The third kappa shape index (κ3) is 4.70. The van der Waals surface area contributed by atoms with Gasteiger partial charge in [0.15, 0.2) is 0 Å². The van der Waals surface area contributed by atoms with Crippen LogP contribution in [0.15, 0.2) is 4.47 Å². The van der Waals surface area contributed by atoms with Crippen molar-refractivity contribution in [2.75, 3.05) is 6.54 Å². The number of hydrogen-bond donors (Lipinski definition) is 1. The molecule has 4 nitrogen and oxygen atoms in total. The van der Waals surface area contributed by atoms with Crippen molar-refractivity contribution in [2.24, 2.45) is 17.6 Å². The van der Waals surface area contributed by atoms with Crippen molar-refractivity contribution in [3.8, 4) is 0 Å². The number of carbonyl (C=O) groups is 1. The van der Waals surface area contributed by atoms with E-state index < -0.39 is 0 Å².